The normalized spacial score (nSPS) is 12.5. The summed E-state index contributed by atoms with van der Waals surface area (Å²) in [6.45, 7) is 2.41. The number of halogens is 4. The van der Waals surface area contributed by atoms with Crippen LogP contribution in [0.25, 0.3) is 0 Å². The monoisotopic (exact) mass is 324 g/mol. The molecule has 1 aromatic carbocycles. The molecule has 2 N–H and O–H groups in total. The van der Waals surface area contributed by atoms with Gasteiger partial charge < -0.3 is 15.4 Å². The van der Waals surface area contributed by atoms with E-state index in [1.54, 1.807) is 0 Å². The largest absolute Gasteiger partial charge is 0.444 e. The van der Waals surface area contributed by atoms with Gasteiger partial charge in [-0.1, -0.05) is 11.6 Å². The van der Waals surface area contributed by atoms with Gasteiger partial charge in [-0.2, -0.15) is 8.78 Å². The number of alkyl halides is 4. The first kappa shape index (κ1) is 17.1. The van der Waals surface area contributed by atoms with Gasteiger partial charge in [0.25, 0.3) is 5.63 Å². The molecule has 9 heteroatoms. The number of nitrogens with one attached hydrogen (secondary N) is 2. The zero-order valence-corrected chi connectivity index (χ0v) is 11.8. The van der Waals surface area contributed by atoms with Crippen LogP contribution in [0.5, 0.6) is 5.75 Å². The molecule has 1 rings (SSSR count). The van der Waals surface area contributed by atoms with Crippen LogP contribution < -0.4 is 15.4 Å². The third-order valence-corrected chi connectivity index (χ3v) is 2.31. The highest BCUT2D eigenvalue weighted by molar-refractivity contribution is 6.20. The zero-order valence-electron chi connectivity index (χ0n) is 11.0. The molecular formula is C12H12ClF3N2O3. The van der Waals surface area contributed by atoms with Crippen molar-refractivity contribution in [1.82, 2.24) is 0 Å². The second-order valence-electron chi connectivity index (χ2n) is 4.07. The molecule has 0 heterocycles. The summed E-state index contributed by atoms with van der Waals surface area (Å²) in [4.78, 5) is 22.0. The molecule has 116 valence electrons. The summed E-state index contributed by atoms with van der Waals surface area (Å²) in [6.07, 6.45) is -4.26. The molecule has 0 aromatic heterocycles. The van der Waals surface area contributed by atoms with Gasteiger partial charge in [0.15, 0.2) is 0 Å². The minimum Gasteiger partial charge on any atom is -0.429 e. The Bertz CT molecular complexity index is 518. The topological polar surface area (TPSA) is 67.4 Å². The van der Waals surface area contributed by atoms with Crippen molar-refractivity contribution >= 4 is 34.8 Å². The summed E-state index contributed by atoms with van der Waals surface area (Å²) in [6, 6.07) is 3.40. The summed E-state index contributed by atoms with van der Waals surface area (Å²) >= 11 is 4.69. The average Bonchev–Trinajstić information content (AvgIpc) is 2.25. The van der Waals surface area contributed by atoms with E-state index in [9.17, 15) is 22.8 Å². The summed E-state index contributed by atoms with van der Waals surface area (Å²) in [7, 11) is 0. The second kappa shape index (κ2) is 6.66. The van der Waals surface area contributed by atoms with E-state index < -0.39 is 29.3 Å². The van der Waals surface area contributed by atoms with Gasteiger partial charge in [-0.25, -0.2) is 4.39 Å². The molecule has 5 nitrogen and oxygen atoms in total. The fourth-order valence-corrected chi connectivity index (χ4v) is 1.46. The van der Waals surface area contributed by atoms with Gasteiger partial charge >= 0.3 is 6.11 Å². The molecule has 1 atom stereocenters. The predicted octanol–water partition coefficient (Wildman–Crippen LogP) is 3.11. The van der Waals surface area contributed by atoms with Crippen molar-refractivity contribution in [3.8, 4) is 5.75 Å². The fourth-order valence-electron chi connectivity index (χ4n) is 1.41. The van der Waals surface area contributed by atoms with E-state index in [1.807, 2.05) is 0 Å². The minimum atomic E-state index is -4.26. The van der Waals surface area contributed by atoms with E-state index in [4.69, 9.17) is 0 Å². The van der Waals surface area contributed by atoms with Gasteiger partial charge in [0.2, 0.25) is 11.8 Å². The molecule has 2 amide bonds. The highest BCUT2D eigenvalue weighted by Gasteiger charge is 2.42. The standard InChI is InChI=1S/C12H12ClF3N2O3/c1-6(19)17-8-3-9(18-7(2)20)5-10(4-8)21-12(15,16)11(13)14/h3-5,11H,1-2H3,(H,17,19)(H,18,20)/t11-/m0/s1. The van der Waals surface area contributed by atoms with E-state index in [0.29, 0.717) is 0 Å². The summed E-state index contributed by atoms with van der Waals surface area (Å²) < 4.78 is 42.9. The molecule has 0 aliphatic heterocycles. The molecule has 0 spiro atoms. The van der Waals surface area contributed by atoms with Crippen molar-refractivity contribution < 1.29 is 27.5 Å². The van der Waals surface area contributed by atoms with Crippen molar-refractivity contribution in [3.05, 3.63) is 18.2 Å². The lowest BCUT2D eigenvalue weighted by Crippen LogP contribution is -2.32. The number of amides is 2. The first-order chi connectivity index (χ1) is 9.60. The fraction of sp³-hybridized carbons (Fsp3) is 0.333. The van der Waals surface area contributed by atoms with Crippen LogP contribution in [0.3, 0.4) is 0 Å². The zero-order chi connectivity index (χ0) is 16.2. The Kier molecular flexibility index (Phi) is 5.42. The van der Waals surface area contributed by atoms with E-state index in [2.05, 4.69) is 27.0 Å². The first-order valence-electron chi connectivity index (χ1n) is 5.65. The van der Waals surface area contributed by atoms with Crippen molar-refractivity contribution in [2.45, 2.75) is 25.6 Å². The molecule has 0 radical (unpaired) electrons. The van der Waals surface area contributed by atoms with Crippen molar-refractivity contribution in [3.63, 3.8) is 0 Å². The van der Waals surface area contributed by atoms with Crippen LogP contribution in [0.4, 0.5) is 24.5 Å². The molecule has 0 saturated heterocycles. The number of anilines is 2. The number of hydrogen-bond donors (Lipinski definition) is 2. The van der Waals surface area contributed by atoms with Crippen molar-refractivity contribution in [1.29, 1.82) is 0 Å². The lowest BCUT2D eigenvalue weighted by molar-refractivity contribution is -0.198. The Morgan fingerprint density at radius 1 is 1.14 bits per heavy atom. The molecule has 21 heavy (non-hydrogen) atoms. The Morgan fingerprint density at radius 2 is 1.57 bits per heavy atom. The number of carbonyl (C=O) groups excluding carboxylic acids is 2. The van der Waals surface area contributed by atoms with Gasteiger partial charge in [0.05, 0.1) is 0 Å². The van der Waals surface area contributed by atoms with E-state index in [1.165, 1.54) is 19.9 Å². The molecule has 0 saturated carbocycles. The number of benzene rings is 1. The molecule has 1 aromatic rings. The minimum absolute atomic E-state index is 0.0875. The maximum absolute atomic E-state index is 13.1. The number of hydrogen-bond acceptors (Lipinski definition) is 3. The van der Waals surface area contributed by atoms with Crippen LogP contribution >= 0.6 is 11.6 Å². The Morgan fingerprint density at radius 3 is 1.90 bits per heavy atom. The van der Waals surface area contributed by atoms with Gasteiger partial charge in [0, 0.05) is 37.4 Å². The highest BCUT2D eigenvalue weighted by Crippen LogP contribution is 2.32. The van der Waals surface area contributed by atoms with E-state index in [-0.39, 0.29) is 11.4 Å². The van der Waals surface area contributed by atoms with Crippen LogP contribution in [0.1, 0.15) is 13.8 Å². The van der Waals surface area contributed by atoms with Gasteiger partial charge in [-0.15, -0.1) is 0 Å². The van der Waals surface area contributed by atoms with Gasteiger partial charge in [-0.05, 0) is 6.07 Å². The Labute approximate surface area is 123 Å². The number of rotatable bonds is 5. The predicted molar refractivity (Wildman–Crippen MR) is 71.4 cm³/mol. The van der Waals surface area contributed by atoms with Crippen LogP contribution in [0.2, 0.25) is 0 Å². The van der Waals surface area contributed by atoms with Crippen LogP contribution in [0, 0.1) is 0 Å². The average molecular weight is 325 g/mol. The van der Waals surface area contributed by atoms with Gasteiger partial charge in [-0.3, -0.25) is 9.59 Å². The Balaban J connectivity index is 3.11. The number of ether oxygens (including phenoxy) is 1. The second-order valence-corrected chi connectivity index (χ2v) is 4.46. The quantitative estimate of drug-likeness (QED) is 0.818. The van der Waals surface area contributed by atoms with Crippen LogP contribution in [0.15, 0.2) is 18.2 Å². The number of carbonyl (C=O) groups is 2. The maximum Gasteiger partial charge on any atom is 0.444 e. The summed E-state index contributed by atoms with van der Waals surface area (Å²) in [5.74, 6) is -1.40. The Hall–Kier alpha value is -1.96. The molecule has 0 unspecified atom stereocenters. The molecule has 0 aliphatic rings. The summed E-state index contributed by atoms with van der Waals surface area (Å²) in [5.41, 5.74) is -2.87. The first-order valence-corrected chi connectivity index (χ1v) is 6.09. The molecule has 0 aliphatic carbocycles. The maximum atomic E-state index is 13.1. The van der Waals surface area contributed by atoms with Crippen molar-refractivity contribution in [2.24, 2.45) is 0 Å². The summed E-state index contributed by atoms with van der Waals surface area (Å²) in [5, 5.41) is 4.66. The third-order valence-electron chi connectivity index (χ3n) is 2.06. The van der Waals surface area contributed by atoms with E-state index in [0.717, 1.165) is 12.1 Å². The van der Waals surface area contributed by atoms with Gasteiger partial charge in [0.1, 0.15) is 5.75 Å². The molecule has 0 fully saturated rings. The smallest absolute Gasteiger partial charge is 0.429 e. The highest BCUT2D eigenvalue weighted by atomic mass is 35.5. The lowest BCUT2D eigenvalue weighted by atomic mass is 10.2. The molecule has 0 bridgehead atoms. The SMILES string of the molecule is CC(=O)Nc1cc(NC(C)=O)cc(OC(F)(F)[C@H](F)Cl)c1. The van der Waals surface area contributed by atoms with Crippen LogP contribution in [-0.4, -0.2) is 23.6 Å². The molecular weight excluding hydrogens is 313 g/mol. The third kappa shape index (κ3) is 5.50. The lowest BCUT2D eigenvalue weighted by Gasteiger charge is -2.19. The van der Waals surface area contributed by atoms with E-state index >= 15 is 0 Å². The van der Waals surface area contributed by atoms with Crippen LogP contribution in [-0.2, 0) is 9.59 Å². The van der Waals surface area contributed by atoms with Crippen molar-refractivity contribution in [2.75, 3.05) is 10.6 Å².